The molecule has 0 saturated carbocycles. The first kappa shape index (κ1) is 12.8. The van der Waals surface area contributed by atoms with Crippen molar-refractivity contribution in [2.75, 3.05) is 0 Å². The Morgan fingerprint density at radius 2 is 2.00 bits per heavy atom. The van der Waals surface area contributed by atoms with E-state index in [4.69, 9.17) is 0 Å². The van der Waals surface area contributed by atoms with Crippen molar-refractivity contribution in [2.45, 2.75) is 18.8 Å². The van der Waals surface area contributed by atoms with Crippen LogP contribution in [0.3, 0.4) is 0 Å². The highest BCUT2D eigenvalue weighted by Gasteiger charge is 2.28. The van der Waals surface area contributed by atoms with Gasteiger partial charge in [-0.3, -0.25) is 4.79 Å². The molecular weight excluding hydrogens is 251 g/mol. The normalized spacial score (nSPS) is 17.1. The Bertz CT molecular complexity index is 688. The van der Waals surface area contributed by atoms with Crippen LogP contribution in [0.4, 0.5) is 4.39 Å². The van der Waals surface area contributed by atoms with Gasteiger partial charge in [-0.15, -0.1) is 6.58 Å². The molecule has 2 aromatic carbocycles. The predicted molar refractivity (Wildman–Crippen MR) is 77.5 cm³/mol. The SMILES string of the molecule is C=CCC1C(=O)c2ccccc2Cc2cc(F)ccc21. The van der Waals surface area contributed by atoms with E-state index in [-0.39, 0.29) is 17.5 Å². The monoisotopic (exact) mass is 266 g/mol. The number of benzene rings is 2. The van der Waals surface area contributed by atoms with E-state index in [0.29, 0.717) is 12.8 Å². The molecule has 0 heterocycles. The average molecular weight is 266 g/mol. The third-order valence-corrected chi connectivity index (χ3v) is 3.86. The summed E-state index contributed by atoms with van der Waals surface area (Å²) in [6.07, 6.45) is 2.93. The molecule has 2 heteroatoms. The van der Waals surface area contributed by atoms with Crippen LogP contribution < -0.4 is 0 Å². The summed E-state index contributed by atoms with van der Waals surface area (Å²) in [5.41, 5.74) is 3.54. The number of ketones is 1. The van der Waals surface area contributed by atoms with Crippen molar-refractivity contribution in [1.29, 1.82) is 0 Å². The molecule has 1 aliphatic carbocycles. The molecule has 1 atom stereocenters. The highest BCUT2D eigenvalue weighted by Crippen LogP contribution is 2.34. The number of allylic oxidation sites excluding steroid dienone is 1. The lowest BCUT2D eigenvalue weighted by molar-refractivity contribution is 0.0960. The molecule has 0 bridgehead atoms. The van der Waals surface area contributed by atoms with Crippen molar-refractivity contribution in [3.8, 4) is 0 Å². The van der Waals surface area contributed by atoms with Crippen LogP contribution in [0.1, 0.15) is 39.4 Å². The van der Waals surface area contributed by atoms with Crippen molar-refractivity contribution in [3.63, 3.8) is 0 Å². The number of Topliss-reactive ketones (excluding diaryl/α,β-unsaturated/α-hetero) is 1. The Labute approximate surface area is 117 Å². The van der Waals surface area contributed by atoms with Gasteiger partial charge < -0.3 is 0 Å². The summed E-state index contributed by atoms with van der Waals surface area (Å²) in [5.74, 6) is -0.412. The third-order valence-electron chi connectivity index (χ3n) is 3.86. The van der Waals surface area contributed by atoms with Gasteiger partial charge >= 0.3 is 0 Å². The van der Waals surface area contributed by atoms with Crippen LogP contribution in [-0.4, -0.2) is 5.78 Å². The zero-order valence-electron chi connectivity index (χ0n) is 11.1. The van der Waals surface area contributed by atoms with Crippen LogP contribution in [0.2, 0.25) is 0 Å². The van der Waals surface area contributed by atoms with Gasteiger partial charge in [0.05, 0.1) is 5.92 Å². The van der Waals surface area contributed by atoms with Crippen LogP contribution in [0.25, 0.3) is 0 Å². The molecule has 0 N–H and O–H groups in total. The predicted octanol–water partition coefficient (Wildman–Crippen LogP) is 4.27. The van der Waals surface area contributed by atoms with E-state index in [0.717, 1.165) is 22.3 Å². The number of fused-ring (bicyclic) bond motifs is 2. The summed E-state index contributed by atoms with van der Waals surface area (Å²) in [7, 11) is 0. The third kappa shape index (κ3) is 2.07. The number of rotatable bonds is 2. The molecule has 1 aliphatic rings. The van der Waals surface area contributed by atoms with E-state index in [1.807, 2.05) is 24.3 Å². The molecule has 20 heavy (non-hydrogen) atoms. The molecule has 3 rings (SSSR count). The molecule has 0 spiro atoms. The molecule has 0 amide bonds. The Hall–Kier alpha value is -2.22. The highest BCUT2D eigenvalue weighted by atomic mass is 19.1. The maximum absolute atomic E-state index is 13.5. The summed E-state index contributed by atoms with van der Waals surface area (Å²) >= 11 is 0. The molecule has 0 fully saturated rings. The maximum atomic E-state index is 13.5. The zero-order chi connectivity index (χ0) is 14.1. The van der Waals surface area contributed by atoms with E-state index < -0.39 is 0 Å². The Morgan fingerprint density at radius 3 is 2.80 bits per heavy atom. The van der Waals surface area contributed by atoms with E-state index >= 15 is 0 Å². The topological polar surface area (TPSA) is 17.1 Å². The second kappa shape index (κ2) is 5.04. The smallest absolute Gasteiger partial charge is 0.170 e. The van der Waals surface area contributed by atoms with E-state index in [1.165, 1.54) is 6.07 Å². The van der Waals surface area contributed by atoms with E-state index in [9.17, 15) is 9.18 Å². The fourth-order valence-electron chi connectivity index (χ4n) is 2.92. The molecule has 2 aromatic rings. The maximum Gasteiger partial charge on any atom is 0.170 e. The first-order valence-electron chi connectivity index (χ1n) is 6.72. The number of hydrogen-bond donors (Lipinski definition) is 0. The van der Waals surface area contributed by atoms with Crippen molar-refractivity contribution < 1.29 is 9.18 Å². The lowest BCUT2D eigenvalue weighted by atomic mass is 9.88. The van der Waals surface area contributed by atoms with Crippen LogP contribution >= 0.6 is 0 Å². The Balaban J connectivity index is 2.22. The van der Waals surface area contributed by atoms with E-state index in [2.05, 4.69) is 6.58 Å². The summed E-state index contributed by atoms with van der Waals surface area (Å²) in [6.45, 7) is 3.74. The Kier molecular flexibility index (Phi) is 3.23. The van der Waals surface area contributed by atoms with Crippen molar-refractivity contribution in [2.24, 2.45) is 0 Å². The van der Waals surface area contributed by atoms with Gasteiger partial charge in [0, 0.05) is 5.56 Å². The van der Waals surface area contributed by atoms with Gasteiger partial charge in [-0.25, -0.2) is 4.39 Å². The zero-order valence-corrected chi connectivity index (χ0v) is 11.1. The minimum absolute atomic E-state index is 0.103. The van der Waals surface area contributed by atoms with Crippen LogP contribution in [0.15, 0.2) is 55.1 Å². The summed E-state index contributed by atoms with van der Waals surface area (Å²) in [4.78, 5) is 12.7. The van der Waals surface area contributed by atoms with Gasteiger partial charge in [-0.05, 0) is 41.7 Å². The van der Waals surface area contributed by atoms with Crippen LogP contribution in [0, 0.1) is 5.82 Å². The minimum Gasteiger partial charge on any atom is -0.293 e. The summed E-state index contributed by atoms with van der Waals surface area (Å²) < 4.78 is 13.5. The molecule has 0 radical (unpaired) electrons. The second-order valence-corrected chi connectivity index (χ2v) is 5.12. The number of hydrogen-bond acceptors (Lipinski definition) is 1. The van der Waals surface area contributed by atoms with Crippen molar-refractivity contribution in [1.82, 2.24) is 0 Å². The number of halogens is 1. The van der Waals surface area contributed by atoms with Gasteiger partial charge in [0.15, 0.2) is 5.78 Å². The minimum atomic E-state index is -0.258. The molecule has 0 aromatic heterocycles. The van der Waals surface area contributed by atoms with Gasteiger partial charge in [-0.2, -0.15) is 0 Å². The van der Waals surface area contributed by atoms with Gasteiger partial charge in [-0.1, -0.05) is 36.4 Å². The highest BCUT2D eigenvalue weighted by molar-refractivity contribution is 6.03. The van der Waals surface area contributed by atoms with Crippen molar-refractivity contribution >= 4 is 5.78 Å². The number of carbonyl (C=O) groups is 1. The molecule has 100 valence electrons. The lowest BCUT2D eigenvalue weighted by Crippen LogP contribution is -2.12. The summed E-state index contributed by atoms with van der Waals surface area (Å²) in [6, 6.07) is 12.3. The molecule has 0 saturated heterocycles. The first-order chi connectivity index (χ1) is 9.70. The van der Waals surface area contributed by atoms with Gasteiger partial charge in [0.1, 0.15) is 5.82 Å². The van der Waals surface area contributed by atoms with Crippen LogP contribution in [-0.2, 0) is 6.42 Å². The second-order valence-electron chi connectivity index (χ2n) is 5.12. The average Bonchev–Trinajstić information content (AvgIpc) is 2.55. The van der Waals surface area contributed by atoms with E-state index in [1.54, 1.807) is 18.2 Å². The fourth-order valence-corrected chi connectivity index (χ4v) is 2.92. The molecule has 1 nitrogen and oxygen atoms in total. The molecule has 1 unspecified atom stereocenters. The largest absolute Gasteiger partial charge is 0.293 e. The van der Waals surface area contributed by atoms with Crippen LogP contribution in [0.5, 0.6) is 0 Å². The summed E-state index contributed by atoms with van der Waals surface area (Å²) in [5, 5.41) is 0. The first-order valence-corrected chi connectivity index (χ1v) is 6.72. The molecular formula is C18H15FO. The lowest BCUT2D eigenvalue weighted by Gasteiger charge is -2.15. The molecule has 0 aliphatic heterocycles. The standard InChI is InChI=1S/C18H15FO/c1-2-5-17-15-9-8-14(19)11-13(15)10-12-6-3-4-7-16(12)18(17)20/h2-4,6-9,11,17H,1,5,10H2. The quantitative estimate of drug-likeness (QED) is 0.742. The van der Waals surface area contributed by atoms with Gasteiger partial charge in [0.2, 0.25) is 0 Å². The van der Waals surface area contributed by atoms with Gasteiger partial charge in [0.25, 0.3) is 0 Å². The fraction of sp³-hybridized carbons (Fsp3) is 0.167. The Morgan fingerprint density at radius 1 is 1.20 bits per heavy atom. The number of carbonyl (C=O) groups excluding carboxylic acids is 1. The van der Waals surface area contributed by atoms with Crippen molar-refractivity contribution in [3.05, 3.63) is 83.2 Å².